The second kappa shape index (κ2) is 4.67. The largest absolute Gasteiger partial charge is 0.494 e. The molecule has 0 aliphatic rings. The molecule has 0 aliphatic heterocycles. The molecule has 3 nitrogen and oxygen atoms in total. The number of halogens is 2. The minimum absolute atomic E-state index is 0.176. The fourth-order valence-electron chi connectivity index (χ4n) is 1.54. The van der Waals surface area contributed by atoms with Crippen molar-refractivity contribution in [2.45, 2.75) is 6.92 Å². The van der Waals surface area contributed by atoms with Crippen molar-refractivity contribution in [1.29, 1.82) is 0 Å². The molecule has 0 radical (unpaired) electrons. The predicted molar refractivity (Wildman–Crippen MR) is 63.7 cm³/mol. The predicted octanol–water partition coefficient (Wildman–Crippen LogP) is 3.25. The summed E-state index contributed by atoms with van der Waals surface area (Å²) in [5.41, 5.74) is 0.788. The third kappa shape index (κ3) is 2.36. The van der Waals surface area contributed by atoms with E-state index in [0.29, 0.717) is 17.1 Å². The molecule has 1 aromatic carbocycles. The molecule has 0 saturated heterocycles. The fourth-order valence-corrected chi connectivity index (χ4v) is 1.76. The molecule has 0 bridgehead atoms. The van der Waals surface area contributed by atoms with Gasteiger partial charge in [0, 0.05) is 11.6 Å². The molecular weight excluding hydrogens is 243 g/mol. The summed E-state index contributed by atoms with van der Waals surface area (Å²) in [4.78, 5) is 8.08. The van der Waals surface area contributed by atoms with Gasteiger partial charge >= 0.3 is 0 Å². The summed E-state index contributed by atoms with van der Waals surface area (Å²) >= 11 is 5.82. The summed E-state index contributed by atoms with van der Waals surface area (Å²) < 4.78 is 18.9. The maximum Gasteiger partial charge on any atom is 0.174 e. The molecule has 2 aromatic rings. The molecule has 0 atom stereocenters. The van der Waals surface area contributed by atoms with E-state index >= 15 is 0 Å². The van der Waals surface area contributed by atoms with Crippen molar-refractivity contribution < 1.29 is 9.13 Å². The molecule has 0 N–H and O–H groups in total. The third-order valence-electron chi connectivity index (χ3n) is 2.27. The average molecular weight is 253 g/mol. The van der Waals surface area contributed by atoms with Crippen molar-refractivity contribution in [1.82, 2.24) is 9.97 Å². The van der Waals surface area contributed by atoms with E-state index in [0.717, 1.165) is 0 Å². The number of rotatable bonds is 2. The highest BCUT2D eigenvalue weighted by Crippen LogP contribution is 2.28. The van der Waals surface area contributed by atoms with Gasteiger partial charge in [-0.25, -0.2) is 14.4 Å². The van der Waals surface area contributed by atoms with Gasteiger partial charge in [0.2, 0.25) is 0 Å². The van der Waals surface area contributed by atoms with E-state index in [-0.39, 0.29) is 10.9 Å². The van der Waals surface area contributed by atoms with E-state index in [4.69, 9.17) is 16.3 Å². The molecule has 17 heavy (non-hydrogen) atoms. The van der Waals surface area contributed by atoms with Crippen LogP contribution in [0.2, 0.25) is 5.15 Å². The zero-order chi connectivity index (χ0) is 12.4. The van der Waals surface area contributed by atoms with Crippen LogP contribution in [0.4, 0.5) is 4.39 Å². The van der Waals surface area contributed by atoms with Gasteiger partial charge in [-0.05, 0) is 19.1 Å². The second-order valence-electron chi connectivity index (χ2n) is 3.44. The van der Waals surface area contributed by atoms with Gasteiger partial charge in [0.25, 0.3) is 0 Å². The quantitative estimate of drug-likeness (QED) is 0.770. The highest BCUT2D eigenvalue weighted by atomic mass is 35.5. The van der Waals surface area contributed by atoms with Crippen LogP contribution >= 0.6 is 11.6 Å². The van der Waals surface area contributed by atoms with E-state index < -0.39 is 5.82 Å². The molecule has 0 spiro atoms. The van der Waals surface area contributed by atoms with Crippen LogP contribution in [0, 0.1) is 12.7 Å². The number of methoxy groups -OCH3 is 1. The van der Waals surface area contributed by atoms with Crippen LogP contribution in [0.25, 0.3) is 11.3 Å². The molecule has 1 heterocycles. The minimum Gasteiger partial charge on any atom is -0.494 e. The summed E-state index contributed by atoms with van der Waals surface area (Å²) in [6, 6.07) is 6.39. The van der Waals surface area contributed by atoms with Crippen LogP contribution in [-0.4, -0.2) is 17.1 Å². The average Bonchev–Trinajstić information content (AvgIpc) is 2.28. The molecule has 0 amide bonds. The van der Waals surface area contributed by atoms with Gasteiger partial charge in [-0.1, -0.05) is 17.7 Å². The Hall–Kier alpha value is -1.68. The molecule has 88 valence electrons. The Labute approximate surface area is 103 Å². The van der Waals surface area contributed by atoms with E-state index in [1.54, 1.807) is 25.1 Å². The van der Waals surface area contributed by atoms with Crippen LogP contribution in [0.15, 0.2) is 24.3 Å². The number of nitrogens with zero attached hydrogens (tertiary/aromatic N) is 2. The molecule has 5 heteroatoms. The SMILES string of the molecule is COc1cccc(-c2cc(Cl)nc(C)n2)c1F. The lowest BCUT2D eigenvalue weighted by Crippen LogP contribution is -1.95. The van der Waals surface area contributed by atoms with Crippen LogP contribution in [-0.2, 0) is 0 Å². The van der Waals surface area contributed by atoms with Crippen molar-refractivity contribution >= 4 is 11.6 Å². The van der Waals surface area contributed by atoms with E-state index in [9.17, 15) is 4.39 Å². The van der Waals surface area contributed by atoms with Gasteiger partial charge in [-0.3, -0.25) is 0 Å². The molecular formula is C12H10ClFN2O. The van der Waals surface area contributed by atoms with Gasteiger partial charge in [0.15, 0.2) is 11.6 Å². The first-order valence-corrected chi connectivity index (χ1v) is 5.33. The number of hydrogen-bond acceptors (Lipinski definition) is 3. The number of ether oxygens (including phenoxy) is 1. The van der Waals surface area contributed by atoms with Crippen LogP contribution in [0.3, 0.4) is 0 Å². The van der Waals surface area contributed by atoms with Crippen molar-refractivity contribution in [2.75, 3.05) is 7.11 Å². The molecule has 0 unspecified atom stereocenters. The maximum atomic E-state index is 14.0. The second-order valence-corrected chi connectivity index (χ2v) is 3.83. The summed E-state index contributed by atoms with van der Waals surface area (Å²) in [7, 11) is 1.42. The Kier molecular flexibility index (Phi) is 3.24. The van der Waals surface area contributed by atoms with Crippen molar-refractivity contribution in [3.8, 4) is 17.0 Å². The minimum atomic E-state index is -0.454. The summed E-state index contributed by atoms with van der Waals surface area (Å²) in [6.45, 7) is 1.70. The molecule has 0 aliphatic carbocycles. The van der Waals surface area contributed by atoms with Crippen molar-refractivity contribution in [2.24, 2.45) is 0 Å². The summed E-state index contributed by atoms with van der Waals surface area (Å²) in [6.07, 6.45) is 0. The van der Waals surface area contributed by atoms with Gasteiger partial charge < -0.3 is 4.74 Å². The Balaban J connectivity index is 2.60. The third-order valence-corrected chi connectivity index (χ3v) is 2.46. The van der Waals surface area contributed by atoms with Crippen molar-refractivity contribution in [3.05, 3.63) is 41.1 Å². The number of aryl methyl sites for hydroxylation is 1. The number of hydrogen-bond donors (Lipinski definition) is 0. The monoisotopic (exact) mass is 252 g/mol. The number of benzene rings is 1. The Morgan fingerprint density at radius 3 is 2.71 bits per heavy atom. The van der Waals surface area contributed by atoms with Crippen LogP contribution in [0.1, 0.15) is 5.82 Å². The standard InChI is InChI=1S/C12H10ClFN2O/c1-7-15-9(6-11(13)16-7)8-4-3-5-10(17-2)12(8)14/h3-6H,1-2H3. The lowest BCUT2D eigenvalue weighted by molar-refractivity contribution is 0.387. The molecule has 0 saturated carbocycles. The van der Waals surface area contributed by atoms with Gasteiger partial charge in [-0.2, -0.15) is 0 Å². The Bertz CT molecular complexity index is 540. The van der Waals surface area contributed by atoms with Gasteiger partial charge in [-0.15, -0.1) is 0 Å². The lowest BCUT2D eigenvalue weighted by atomic mass is 10.1. The summed E-state index contributed by atoms with van der Waals surface area (Å²) in [5.74, 6) is 0.216. The first-order chi connectivity index (χ1) is 8.11. The van der Waals surface area contributed by atoms with E-state index in [1.807, 2.05) is 0 Å². The van der Waals surface area contributed by atoms with Gasteiger partial charge in [0.1, 0.15) is 11.0 Å². The lowest BCUT2D eigenvalue weighted by Gasteiger charge is -2.07. The Morgan fingerprint density at radius 2 is 2.06 bits per heavy atom. The first kappa shape index (κ1) is 11.8. The normalized spacial score (nSPS) is 10.4. The Morgan fingerprint density at radius 1 is 1.29 bits per heavy atom. The van der Waals surface area contributed by atoms with Crippen molar-refractivity contribution in [3.63, 3.8) is 0 Å². The highest BCUT2D eigenvalue weighted by Gasteiger charge is 2.12. The maximum absolute atomic E-state index is 14.0. The summed E-state index contributed by atoms with van der Waals surface area (Å²) in [5, 5.41) is 0.287. The van der Waals surface area contributed by atoms with Crippen LogP contribution in [0.5, 0.6) is 5.75 Å². The van der Waals surface area contributed by atoms with Gasteiger partial charge in [0.05, 0.1) is 12.8 Å². The topological polar surface area (TPSA) is 35.0 Å². The smallest absolute Gasteiger partial charge is 0.174 e. The molecule has 2 rings (SSSR count). The zero-order valence-corrected chi connectivity index (χ0v) is 10.1. The van der Waals surface area contributed by atoms with Crippen LogP contribution < -0.4 is 4.74 Å². The van der Waals surface area contributed by atoms with E-state index in [2.05, 4.69) is 9.97 Å². The highest BCUT2D eigenvalue weighted by molar-refractivity contribution is 6.29. The molecule has 0 fully saturated rings. The number of aromatic nitrogens is 2. The first-order valence-electron chi connectivity index (χ1n) is 4.96. The van der Waals surface area contributed by atoms with E-state index in [1.165, 1.54) is 13.2 Å². The fraction of sp³-hybridized carbons (Fsp3) is 0.167. The zero-order valence-electron chi connectivity index (χ0n) is 9.37. The molecule has 1 aromatic heterocycles.